The molecule has 1 aromatic carbocycles. The first kappa shape index (κ1) is 12.1. The summed E-state index contributed by atoms with van der Waals surface area (Å²) in [5, 5.41) is 10.6. The number of nitrogens with zero attached hydrogens (tertiary/aromatic N) is 1. The van der Waals surface area contributed by atoms with Gasteiger partial charge in [0.15, 0.2) is 0 Å². The monoisotopic (exact) mass is 261 g/mol. The highest BCUT2D eigenvalue weighted by atomic mass is 16.6. The van der Waals surface area contributed by atoms with Crippen molar-refractivity contribution in [2.24, 2.45) is 5.92 Å². The number of hydrogen-bond acceptors (Lipinski definition) is 4. The zero-order chi connectivity index (χ0) is 13.5. The molecule has 5 heteroatoms. The smallest absolute Gasteiger partial charge is 0.338 e. The molecule has 0 atom stereocenters. The molecule has 3 rings (SSSR count). The van der Waals surface area contributed by atoms with Gasteiger partial charge in [-0.2, -0.15) is 0 Å². The Morgan fingerprint density at radius 1 is 1.26 bits per heavy atom. The molecular formula is C14H15NO4. The lowest BCUT2D eigenvalue weighted by Crippen LogP contribution is -2.30. The van der Waals surface area contributed by atoms with Crippen molar-refractivity contribution in [3.63, 3.8) is 0 Å². The van der Waals surface area contributed by atoms with Crippen LogP contribution in [0.1, 0.15) is 42.5 Å². The second kappa shape index (κ2) is 4.33. The standard InChI is InChI=1S/C14H15NO4/c16-13(11-1-3-12(4-2-11)15(17)18)19-14-7-5-10(9-14)6-8-14/h1-4,10H,5-9H2. The number of nitro groups is 1. The first-order valence-electron chi connectivity index (χ1n) is 6.56. The third-order valence-electron chi connectivity index (χ3n) is 4.30. The summed E-state index contributed by atoms with van der Waals surface area (Å²) in [6.45, 7) is 0. The van der Waals surface area contributed by atoms with Gasteiger partial charge in [0, 0.05) is 12.1 Å². The van der Waals surface area contributed by atoms with Gasteiger partial charge in [0.1, 0.15) is 5.60 Å². The molecule has 5 nitrogen and oxygen atoms in total. The Labute approximate surface area is 110 Å². The van der Waals surface area contributed by atoms with Crippen LogP contribution >= 0.6 is 0 Å². The second-order valence-electron chi connectivity index (χ2n) is 5.52. The molecule has 0 radical (unpaired) electrons. The second-order valence-corrected chi connectivity index (χ2v) is 5.52. The van der Waals surface area contributed by atoms with Gasteiger partial charge in [0.05, 0.1) is 10.5 Å². The molecule has 0 heterocycles. The molecule has 1 aromatic rings. The zero-order valence-electron chi connectivity index (χ0n) is 10.5. The molecule has 0 aromatic heterocycles. The first-order valence-corrected chi connectivity index (χ1v) is 6.56. The third kappa shape index (κ3) is 2.20. The summed E-state index contributed by atoms with van der Waals surface area (Å²) in [4.78, 5) is 22.1. The molecule has 0 N–H and O–H groups in total. The van der Waals surface area contributed by atoms with Crippen molar-refractivity contribution in [2.45, 2.75) is 37.7 Å². The third-order valence-corrected chi connectivity index (χ3v) is 4.30. The summed E-state index contributed by atoms with van der Waals surface area (Å²) in [6, 6.07) is 5.58. The summed E-state index contributed by atoms with van der Waals surface area (Å²) in [5.41, 5.74) is 0.107. The van der Waals surface area contributed by atoms with E-state index in [1.807, 2.05) is 0 Å². The fourth-order valence-electron chi connectivity index (χ4n) is 3.26. The Morgan fingerprint density at radius 3 is 2.37 bits per heavy atom. The van der Waals surface area contributed by atoms with E-state index >= 15 is 0 Å². The fraction of sp³-hybridized carbons (Fsp3) is 0.500. The molecule has 0 amide bonds. The van der Waals surface area contributed by atoms with E-state index in [9.17, 15) is 14.9 Å². The van der Waals surface area contributed by atoms with E-state index in [2.05, 4.69) is 0 Å². The Balaban J connectivity index is 1.72. The predicted molar refractivity (Wildman–Crippen MR) is 67.8 cm³/mol. The highest BCUT2D eigenvalue weighted by Gasteiger charge is 2.47. The van der Waals surface area contributed by atoms with Gasteiger partial charge < -0.3 is 4.74 Å². The summed E-state index contributed by atoms with van der Waals surface area (Å²) in [5.74, 6) is 0.349. The van der Waals surface area contributed by atoms with E-state index in [1.54, 1.807) is 0 Å². The Morgan fingerprint density at radius 2 is 1.89 bits per heavy atom. The minimum absolute atomic E-state index is 0.0171. The Bertz CT molecular complexity index is 515. The van der Waals surface area contributed by atoms with Crippen LogP contribution in [0.3, 0.4) is 0 Å². The van der Waals surface area contributed by atoms with Crippen LogP contribution in [0, 0.1) is 16.0 Å². The molecule has 0 saturated heterocycles. The van der Waals surface area contributed by atoms with Gasteiger partial charge in [-0.15, -0.1) is 0 Å². The lowest BCUT2D eigenvalue weighted by molar-refractivity contribution is -0.384. The molecule has 0 aliphatic heterocycles. The molecule has 2 aliphatic rings. The number of fused-ring (bicyclic) bond motifs is 2. The summed E-state index contributed by atoms with van der Waals surface area (Å²) in [7, 11) is 0. The van der Waals surface area contributed by atoms with Gasteiger partial charge in [-0.3, -0.25) is 10.1 Å². The van der Waals surface area contributed by atoms with Crippen LogP contribution in [0.5, 0.6) is 0 Å². The van der Waals surface area contributed by atoms with Crippen LogP contribution in [0.25, 0.3) is 0 Å². The van der Waals surface area contributed by atoms with Gasteiger partial charge in [0.2, 0.25) is 0 Å². The van der Waals surface area contributed by atoms with Gasteiger partial charge in [-0.25, -0.2) is 4.79 Å². The Hall–Kier alpha value is -1.91. The highest BCUT2D eigenvalue weighted by molar-refractivity contribution is 5.90. The molecule has 100 valence electrons. The summed E-state index contributed by atoms with van der Waals surface area (Å²) < 4.78 is 5.67. The van der Waals surface area contributed by atoms with Crippen LogP contribution in [0.4, 0.5) is 5.69 Å². The maximum Gasteiger partial charge on any atom is 0.338 e. The van der Waals surface area contributed by atoms with E-state index in [-0.39, 0.29) is 17.3 Å². The van der Waals surface area contributed by atoms with Crippen LogP contribution in [-0.4, -0.2) is 16.5 Å². The Kier molecular flexibility index (Phi) is 2.77. The number of benzene rings is 1. The van der Waals surface area contributed by atoms with Crippen molar-refractivity contribution in [3.05, 3.63) is 39.9 Å². The average Bonchev–Trinajstić information content (AvgIpc) is 2.98. The van der Waals surface area contributed by atoms with Gasteiger partial charge in [-0.1, -0.05) is 0 Å². The summed E-state index contributed by atoms with van der Waals surface area (Å²) >= 11 is 0. The van der Waals surface area contributed by atoms with Crippen molar-refractivity contribution >= 4 is 11.7 Å². The maximum atomic E-state index is 12.1. The normalized spacial score (nSPS) is 28.3. The molecule has 0 unspecified atom stereocenters. The van der Waals surface area contributed by atoms with Crippen molar-refractivity contribution in [1.82, 2.24) is 0 Å². The van der Waals surface area contributed by atoms with Gasteiger partial charge >= 0.3 is 5.97 Å². The molecule has 2 fully saturated rings. The lowest BCUT2D eigenvalue weighted by Gasteiger charge is -2.26. The molecule has 2 saturated carbocycles. The van der Waals surface area contributed by atoms with Crippen molar-refractivity contribution in [3.8, 4) is 0 Å². The number of esters is 1. The molecule has 2 bridgehead atoms. The van der Waals surface area contributed by atoms with Crippen LogP contribution in [0.15, 0.2) is 24.3 Å². The molecule has 2 aliphatic carbocycles. The lowest BCUT2D eigenvalue weighted by atomic mass is 9.97. The number of ether oxygens (including phenoxy) is 1. The van der Waals surface area contributed by atoms with Crippen LogP contribution in [-0.2, 0) is 4.74 Å². The van der Waals surface area contributed by atoms with Crippen LogP contribution < -0.4 is 0 Å². The number of non-ortho nitro benzene ring substituents is 1. The van der Waals surface area contributed by atoms with E-state index in [1.165, 1.54) is 24.3 Å². The minimum atomic E-state index is -0.480. The number of carbonyl (C=O) groups is 1. The van der Waals surface area contributed by atoms with Crippen LogP contribution in [0.2, 0.25) is 0 Å². The molecule has 19 heavy (non-hydrogen) atoms. The predicted octanol–water partition coefficient (Wildman–Crippen LogP) is 3.08. The van der Waals surface area contributed by atoms with Gasteiger partial charge in [0.25, 0.3) is 5.69 Å². The van der Waals surface area contributed by atoms with E-state index in [0.29, 0.717) is 11.5 Å². The maximum absolute atomic E-state index is 12.1. The largest absolute Gasteiger partial charge is 0.455 e. The van der Waals surface area contributed by atoms with Crippen molar-refractivity contribution in [1.29, 1.82) is 0 Å². The molecular weight excluding hydrogens is 246 g/mol. The number of carbonyl (C=O) groups excluding carboxylic acids is 1. The number of rotatable bonds is 3. The quantitative estimate of drug-likeness (QED) is 0.476. The van der Waals surface area contributed by atoms with E-state index in [0.717, 1.165) is 32.1 Å². The minimum Gasteiger partial charge on any atom is -0.455 e. The highest BCUT2D eigenvalue weighted by Crippen LogP contribution is 2.50. The fourth-order valence-corrected chi connectivity index (χ4v) is 3.26. The topological polar surface area (TPSA) is 69.4 Å². The van der Waals surface area contributed by atoms with Crippen molar-refractivity contribution < 1.29 is 14.5 Å². The van der Waals surface area contributed by atoms with E-state index in [4.69, 9.17) is 4.74 Å². The SMILES string of the molecule is O=C(OC12CCC(CC1)C2)c1ccc([N+](=O)[O-])cc1. The summed E-state index contributed by atoms with van der Waals surface area (Å²) in [6.07, 6.45) is 5.18. The first-order chi connectivity index (χ1) is 9.08. The van der Waals surface area contributed by atoms with E-state index < -0.39 is 4.92 Å². The van der Waals surface area contributed by atoms with Gasteiger partial charge in [-0.05, 0) is 50.2 Å². The average molecular weight is 261 g/mol. The number of nitro benzene ring substituents is 1. The van der Waals surface area contributed by atoms with Crippen molar-refractivity contribution in [2.75, 3.05) is 0 Å². The number of hydrogen-bond donors (Lipinski definition) is 0. The molecule has 0 spiro atoms. The zero-order valence-corrected chi connectivity index (χ0v) is 10.5.